The van der Waals surface area contributed by atoms with Crippen molar-refractivity contribution in [1.29, 1.82) is 0 Å². The molecule has 0 spiro atoms. The first kappa shape index (κ1) is 5.35. The fourth-order valence-electron chi connectivity index (χ4n) is 0.605. The van der Waals surface area contributed by atoms with E-state index in [2.05, 4.69) is 5.32 Å². The number of anilines is 1. The second-order valence-corrected chi connectivity index (χ2v) is 1.62. The molecule has 0 fully saturated rings. The number of rotatable bonds is 1. The second kappa shape index (κ2) is 2.50. The third-order valence-electron chi connectivity index (χ3n) is 1.06. The van der Waals surface area contributed by atoms with Gasteiger partial charge in [0, 0.05) is 0 Å². The molecule has 1 rings (SSSR count). The van der Waals surface area contributed by atoms with Crippen LogP contribution in [0.3, 0.4) is 0 Å². The molecular weight excluding hydrogens is 96.9 g/mol. The predicted octanol–water partition coefficient (Wildman–Crippen LogP) is 1.07. The van der Waals surface area contributed by atoms with E-state index < -0.39 is 0 Å². The van der Waals surface area contributed by atoms with E-state index >= 15 is 0 Å². The summed E-state index contributed by atoms with van der Waals surface area (Å²) in [5.41, 5.74) is 1.16. The molecule has 1 N–H and O–H groups in total. The molecule has 0 bridgehead atoms. The third-order valence-corrected chi connectivity index (χ3v) is 1.06. The van der Waals surface area contributed by atoms with Crippen molar-refractivity contribution >= 4 is 12.5 Å². The molecule has 1 nitrogen and oxygen atoms in total. The minimum atomic E-state index is 1.16. The molecule has 0 saturated carbocycles. The van der Waals surface area contributed by atoms with Gasteiger partial charge in [-0.15, -0.1) is 0 Å². The Morgan fingerprint density at radius 3 is 2.75 bits per heavy atom. The van der Waals surface area contributed by atoms with Gasteiger partial charge < -0.3 is 0 Å². The average molecular weight is 105 g/mol. The zero-order chi connectivity index (χ0) is 5.82. The van der Waals surface area contributed by atoms with Gasteiger partial charge in [0.15, 0.2) is 0 Å². The molecule has 2 heteroatoms. The molecule has 8 heavy (non-hydrogen) atoms. The standard InChI is InChI=1S/C6H8BN/c1-8-6-4-2-3-5-7-6/h2-5,8H,1H3. The Labute approximate surface area is 49.9 Å². The Hall–Kier alpha value is -0.785. The monoisotopic (exact) mass is 105 g/mol. The maximum atomic E-state index is 3.03. The molecular formula is C6H8BN. The SMILES string of the molecule is CNc1bcccc1. The summed E-state index contributed by atoms with van der Waals surface area (Å²) in [5, 5.41) is 3.03. The molecule has 0 aromatic carbocycles. The van der Waals surface area contributed by atoms with Gasteiger partial charge in [0.05, 0.1) is 0 Å². The Balaban J connectivity index is 2.83. The first-order valence-electron chi connectivity index (χ1n) is 2.66. The number of hydrogen-bond acceptors (Lipinski definition) is 1. The van der Waals surface area contributed by atoms with Crippen LogP contribution in [0.1, 0.15) is 0 Å². The second-order valence-electron chi connectivity index (χ2n) is 1.62. The van der Waals surface area contributed by atoms with E-state index in [4.69, 9.17) is 0 Å². The first-order valence-corrected chi connectivity index (χ1v) is 2.66. The quantitative estimate of drug-likeness (QED) is 0.563. The van der Waals surface area contributed by atoms with Crippen LogP contribution >= 0.6 is 0 Å². The van der Waals surface area contributed by atoms with Gasteiger partial charge >= 0.3 is 49.0 Å². The Kier molecular flexibility index (Phi) is 1.68. The summed E-state index contributed by atoms with van der Waals surface area (Å²) in [5.74, 6) is 2.01. The van der Waals surface area contributed by atoms with E-state index in [1.807, 2.05) is 38.1 Å². The topological polar surface area (TPSA) is 12.0 Å². The Bertz CT molecular complexity index is 150. The predicted molar refractivity (Wildman–Crippen MR) is 37.3 cm³/mol. The molecule has 0 unspecified atom stereocenters. The van der Waals surface area contributed by atoms with Crippen molar-refractivity contribution in [2.75, 3.05) is 12.4 Å². The zero-order valence-electron chi connectivity index (χ0n) is 4.89. The molecule has 0 atom stereocenters. The molecule has 40 valence electrons. The Morgan fingerprint density at radius 2 is 2.38 bits per heavy atom. The van der Waals surface area contributed by atoms with Crippen LogP contribution in [0.4, 0.5) is 5.58 Å². The average Bonchev–Trinajstić information content (AvgIpc) is 1.90. The van der Waals surface area contributed by atoms with Crippen molar-refractivity contribution in [1.82, 2.24) is 0 Å². The van der Waals surface area contributed by atoms with Crippen LogP contribution < -0.4 is 5.32 Å². The van der Waals surface area contributed by atoms with Crippen LogP contribution in [0.15, 0.2) is 24.2 Å². The van der Waals surface area contributed by atoms with Crippen LogP contribution in [-0.4, -0.2) is 14.0 Å². The zero-order valence-corrected chi connectivity index (χ0v) is 4.89. The molecule has 0 aliphatic rings. The molecule has 1 heterocycles. The number of nitrogens with one attached hydrogen (secondary N) is 1. The summed E-state index contributed by atoms with van der Waals surface area (Å²) < 4.78 is 0. The van der Waals surface area contributed by atoms with E-state index in [1.54, 1.807) is 0 Å². The normalized spacial score (nSPS) is 8.12. The molecule has 0 radical (unpaired) electrons. The molecule has 0 amide bonds. The fraction of sp³-hybridized carbons (Fsp3) is 0.167. The van der Waals surface area contributed by atoms with Crippen molar-refractivity contribution < 1.29 is 0 Å². The van der Waals surface area contributed by atoms with Crippen LogP contribution in [0.25, 0.3) is 0 Å². The summed E-state index contributed by atoms with van der Waals surface area (Å²) in [6.45, 7) is 2.03. The molecule has 0 aliphatic heterocycles. The van der Waals surface area contributed by atoms with E-state index in [-0.39, 0.29) is 0 Å². The van der Waals surface area contributed by atoms with Gasteiger partial charge in [-0.2, -0.15) is 0 Å². The van der Waals surface area contributed by atoms with Crippen LogP contribution in [0.2, 0.25) is 0 Å². The molecule has 1 aromatic heterocycles. The third kappa shape index (κ3) is 1.09. The van der Waals surface area contributed by atoms with E-state index in [9.17, 15) is 0 Å². The van der Waals surface area contributed by atoms with E-state index in [1.165, 1.54) is 0 Å². The summed E-state index contributed by atoms with van der Waals surface area (Å²) >= 11 is 0. The summed E-state index contributed by atoms with van der Waals surface area (Å²) in [4.78, 5) is 0. The van der Waals surface area contributed by atoms with Gasteiger partial charge in [-0.1, -0.05) is 0 Å². The summed E-state index contributed by atoms with van der Waals surface area (Å²) in [6, 6.07) is 6.03. The van der Waals surface area contributed by atoms with Gasteiger partial charge in [-0.3, -0.25) is 0 Å². The van der Waals surface area contributed by atoms with Gasteiger partial charge in [-0.25, -0.2) is 0 Å². The molecule has 0 aliphatic carbocycles. The van der Waals surface area contributed by atoms with Crippen LogP contribution in [0, 0.1) is 0 Å². The van der Waals surface area contributed by atoms with E-state index in [0.717, 1.165) is 5.58 Å². The summed E-state index contributed by atoms with van der Waals surface area (Å²) in [7, 11) is 1.91. The van der Waals surface area contributed by atoms with Crippen molar-refractivity contribution in [3.8, 4) is 0 Å². The first-order chi connectivity index (χ1) is 3.93. The van der Waals surface area contributed by atoms with Gasteiger partial charge in [0.25, 0.3) is 0 Å². The Morgan fingerprint density at radius 1 is 1.50 bits per heavy atom. The van der Waals surface area contributed by atoms with Crippen molar-refractivity contribution in [2.24, 2.45) is 0 Å². The molecule has 1 aromatic rings. The van der Waals surface area contributed by atoms with Crippen LogP contribution in [0.5, 0.6) is 0 Å². The molecule has 0 saturated heterocycles. The van der Waals surface area contributed by atoms with Crippen molar-refractivity contribution in [3.63, 3.8) is 0 Å². The fourth-order valence-corrected chi connectivity index (χ4v) is 0.605. The maximum absolute atomic E-state index is 3.03. The number of hydrogen-bond donors (Lipinski definition) is 1. The summed E-state index contributed by atoms with van der Waals surface area (Å²) in [6.07, 6.45) is 0. The van der Waals surface area contributed by atoms with Gasteiger partial charge in [0.1, 0.15) is 0 Å². The van der Waals surface area contributed by atoms with E-state index in [0.29, 0.717) is 0 Å². The van der Waals surface area contributed by atoms with Crippen molar-refractivity contribution in [3.05, 3.63) is 24.2 Å². The van der Waals surface area contributed by atoms with Gasteiger partial charge in [-0.05, 0) is 0 Å². The van der Waals surface area contributed by atoms with Crippen molar-refractivity contribution in [2.45, 2.75) is 0 Å². The minimum absolute atomic E-state index is 1.16. The van der Waals surface area contributed by atoms with Crippen LogP contribution in [-0.2, 0) is 0 Å². The van der Waals surface area contributed by atoms with Gasteiger partial charge in [0.2, 0.25) is 0 Å².